The number of rotatable bonds is 2. The summed E-state index contributed by atoms with van der Waals surface area (Å²) in [5.74, 6) is 0.815. The summed E-state index contributed by atoms with van der Waals surface area (Å²) in [4.78, 5) is 6.27. The molecule has 4 heteroatoms. The standard InChI is InChI=1S/C13H17N3O/c1-16(11-4-2-3-5-12(11)17)13-7-6-10(8-14)9-15-13/h6-7,9,11-12,17H,2-5H2,1H3. The Kier molecular flexibility index (Phi) is 3.60. The van der Waals surface area contributed by atoms with Crippen LogP contribution in [0.15, 0.2) is 18.3 Å². The summed E-state index contributed by atoms with van der Waals surface area (Å²) in [5.41, 5.74) is 0.561. The topological polar surface area (TPSA) is 60.2 Å². The summed E-state index contributed by atoms with van der Waals surface area (Å²) in [5, 5.41) is 18.7. The van der Waals surface area contributed by atoms with Crippen LogP contribution in [0.3, 0.4) is 0 Å². The average molecular weight is 231 g/mol. The molecule has 0 spiro atoms. The number of hydrogen-bond acceptors (Lipinski definition) is 4. The first-order valence-electron chi connectivity index (χ1n) is 5.99. The van der Waals surface area contributed by atoms with Gasteiger partial charge in [-0.3, -0.25) is 0 Å². The van der Waals surface area contributed by atoms with Gasteiger partial charge >= 0.3 is 0 Å². The molecule has 17 heavy (non-hydrogen) atoms. The van der Waals surface area contributed by atoms with E-state index in [9.17, 15) is 5.11 Å². The second-order valence-electron chi connectivity index (χ2n) is 4.55. The van der Waals surface area contributed by atoms with Gasteiger partial charge in [0.15, 0.2) is 0 Å². The highest BCUT2D eigenvalue weighted by molar-refractivity contribution is 5.42. The van der Waals surface area contributed by atoms with Gasteiger partial charge in [-0.15, -0.1) is 0 Å². The van der Waals surface area contributed by atoms with Crippen molar-refractivity contribution in [2.45, 2.75) is 37.8 Å². The fraction of sp³-hybridized carbons (Fsp3) is 0.538. The van der Waals surface area contributed by atoms with Crippen molar-refractivity contribution in [2.75, 3.05) is 11.9 Å². The van der Waals surface area contributed by atoms with E-state index < -0.39 is 0 Å². The number of aliphatic hydroxyl groups is 1. The molecular weight excluding hydrogens is 214 g/mol. The van der Waals surface area contributed by atoms with Crippen LogP contribution in [0, 0.1) is 11.3 Å². The SMILES string of the molecule is CN(c1ccc(C#N)cn1)C1CCCCC1O. The summed E-state index contributed by atoms with van der Waals surface area (Å²) in [6, 6.07) is 5.78. The molecule has 1 aromatic heterocycles. The molecule has 0 aromatic carbocycles. The molecular formula is C13H17N3O. The van der Waals surface area contributed by atoms with E-state index in [1.807, 2.05) is 18.0 Å². The zero-order valence-electron chi connectivity index (χ0n) is 10.0. The molecule has 1 aliphatic rings. The first-order valence-corrected chi connectivity index (χ1v) is 5.99. The Bertz CT molecular complexity index is 410. The van der Waals surface area contributed by atoms with E-state index in [2.05, 4.69) is 11.1 Å². The smallest absolute Gasteiger partial charge is 0.128 e. The molecule has 0 radical (unpaired) electrons. The third kappa shape index (κ3) is 2.56. The molecule has 1 N–H and O–H groups in total. The summed E-state index contributed by atoms with van der Waals surface area (Å²) in [6.45, 7) is 0. The van der Waals surface area contributed by atoms with Crippen molar-refractivity contribution >= 4 is 5.82 Å². The van der Waals surface area contributed by atoms with Gasteiger partial charge in [0.25, 0.3) is 0 Å². The predicted octanol–water partition coefficient (Wildman–Crippen LogP) is 1.69. The summed E-state index contributed by atoms with van der Waals surface area (Å²) in [7, 11) is 1.95. The normalized spacial score (nSPS) is 24.1. The van der Waals surface area contributed by atoms with Gasteiger partial charge in [-0.25, -0.2) is 4.98 Å². The maximum absolute atomic E-state index is 9.98. The molecule has 0 saturated heterocycles. The van der Waals surface area contributed by atoms with Crippen LogP contribution in [-0.2, 0) is 0 Å². The lowest BCUT2D eigenvalue weighted by Gasteiger charge is -2.35. The highest BCUT2D eigenvalue weighted by Crippen LogP contribution is 2.25. The van der Waals surface area contributed by atoms with Gasteiger partial charge in [-0.1, -0.05) is 12.8 Å². The average Bonchev–Trinajstić information content (AvgIpc) is 2.39. The van der Waals surface area contributed by atoms with Crippen molar-refractivity contribution in [3.05, 3.63) is 23.9 Å². The van der Waals surface area contributed by atoms with E-state index in [1.54, 1.807) is 12.3 Å². The molecule has 0 bridgehead atoms. The maximum Gasteiger partial charge on any atom is 0.128 e. The lowest BCUT2D eigenvalue weighted by Crippen LogP contribution is -2.43. The quantitative estimate of drug-likeness (QED) is 0.841. The van der Waals surface area contributed by atoms with Crippen molar-refractivity contribution in [2.24, 2.45) is 0 Å². The van der Waals surface area contributed by atoms with Crippen molar-refractivity contribution in [3.63, 3.8) is 0 Å². The number of pyridine rings is 1. The molecule has 1 saturated carbocycles. The van der Waals surface area contributed by atoms with Gasteiger partial charge < -0.3 is 10.0 Å². The Balaban J connectivity index is 2.12. The first-order chi connectivity index (χ1) is 8.22. The number of aliphatic hydroxyl groups excluding tert-OH is 1. The van der Waals surface area contributed by atoms with Crippen molar-refractivity contribution in [1.82, 2.24) is 4.98 Å². The second kappa shape index (κ2) is 5.15. The number of likely N-dealkylation sites (N-methyl/N-ethyl adjacent to an activating group) is 1. The van der Waals surface area contributed by atoms with Gasteiger partial charge in [0.05, 0.1) is 17.7 Å². The van der Waals surface area contributed by atoms with Crippen molar-refractivity contribution < 1.29 is 5.11 Å². The zero-order valence-corrected chi connectivity index (χ0v) is 10.0. The van der Waals surface area contributed by atoms with Gasteiger partial charge in [0.1, 0.15) is 11.9 Å². The number of anilines is 1. The Morgan fingerprint density at radius 3 is 2.76 bits per heavy atom. The molecule has 1 heterocycles. The molecule has 2 atom stereocenters. The Morgan fingerprint density at radius 1 is 1.41 bits per heavy atom. The largest absolute Gasteiger partial charge is 0.391 e. The number of nitriles is 1. The molecule has 0 aliphatic heterocycles. The Morgan fingerprint density at radius 2 is 2.18 bits per heavy atom. The number of hydrogen-bond donors (Lipinski definition) is 1. The lowest BCUT2D eigenvalue weighted by atomic mass is 9.91. The minimum atomic E-state index is -0.272. The summed E-state index contributed by atoms with van der Waals surface area (Å²) >= 11 is 0. The van der Waals surface area contributed by atoms with E-state index >= 15 is 0 Å². The molecule has 2 rings (SSSR count). The van der Waals surface area contributed by atoms with Crippen molar-refractivity contribution in [3.8, 4) is 6.07 Å². The van der Waals surface area contributed by atoms with Gasteiger partial charge in [0, 0.05) is 13.2 Å². The van der Waals surface area contributed by atoms with Crippen molar-refractivity contribution in [1.29, 1.82) is 5.26 Å². The summed E-state index contributed by atoms with van der Waals surface area (Å²) < 4.78 is 0. The van der Waals surface area contributed by atoms with E-state index in [4.69, 9.17) is 5.26 Å². The van der Waals surface area contributed by atoms with Crippen LogP contribution in [0.25, 0.3) is 0 Å². The summed E-state index contributed by atoms with van der Waals surface area (Å²) in [6.07, 6.45) is 5.42. The van der Waals surface area contributed by atoms with Crippen LogP contribution in [-0.4, -0.2) is 29.3 Å². The third-order valence-corrected chi connectivity index (χ3v) is 3.43. The van der Waals surface area contributed by atoms with E-state index in [0.29, 0.717) is 5.56 Å². The highest BCUT2D eigenvalue weighted by Gasteiger charge is 2.27. The highest BCUT2D eigenvalue weighted by atomic mass is 16.3. The lowest BCUT2D eigenvalue weighted by molar-refractivity contribution is 0.106. The van der Waals surface area contributed by atoms with E-state index in [1.165, 1.54) is 0 Å². The molecule has 1 fully saturated rings. The minimum Gasteiger partial charge on any atom is -0.391 e. The molecule has 2 unspecified atom stereocenters. The van der Waals surface area contributed by atoms with Crippen LogP contribution in [0.1, 0.15) is 31.2 Å². The van der Waals surface area contributed by atoms with Crippen LogP contribution in [0.5, 0.6) is 0 Å². The Labute approximate surface area is 102 Å². The fourth-order valence-corrected chi connectivity index (χ4v) is 2.37. The predicted molar refractivity (Wildman–Crippen MR) is 65.6 cm³/mol. The molecule has 1 aliphatic carbocycles. The monoisotopic (exact) mass is 231 g/mol. The molecule has 90 valence electrons. The van der Waals surface area contributed by atoms with Gasteiger partial charge in [-0.2, -0.15) is 5.26 Å². The maximum atomic E-state index is 9.98. The fourth-order valence-electron chi connectivity index (χ4n) is 2.37. The van der Waals surface area contributed by atoms with Crippen LogP contribution >= 0.6 is 0 Å². The minimum absolute atomic E-state index is 0.143. The second-order valence-corrected chi connectivity index (χ2v) is 4.55. The van der Waals surface area contributed by atoms with Gasteiger partial charge in [0.2, 0.25) is 0 Å². The number of nitrogens with zero attached hydrogens (tertiary/aromatic N) is 3. The third-order valence-electron chi connectivity index (χ3n) is 3.43. The molecule has 4 nitrogen and oxygen atoms in total. The van der Waals surface area contributed by atoms with Gasteiger partial charge in [-0.05, 0) is 25.0 Å². The van der Waals surface area contributed by atoms with Crippen LogP contribution in [0.2, 0.25) is 0 Å². The zero-order chi connectivity index (χ0) is 12.3. The van der Waals surface area contributed by atoms with Crippen LogP contribution in [0.4, 0.5) is 5.82 Å². The van der Waals surface area contributed by atoms with E-state index in [-0.39, 0.29) is 12.1 Å². The van der Waals surface area contributed by atoms with Crippen LogP contribution < -0.4 is 4.90 Å². The Hall–Kier alpha value is -1.60. The van der Waals surface area contributed by atoms with E-state index in [0.717, 1.165) is 31.5 Å². The first kappa shape index (κ1) is 11.9. The molecule has 1 aromatic rings. The molecule has 0 amide bonds. The number of aromatic nitrogens is 1.